The number of aryl methyl sites for hydroxylation is 1. The van der Waals surface area contributed by atoms with E-state index < -0.39 is 0 Å². The molecule has 0 aliphatic heterocycles. The Labute approximate surface area is 131 Å². The van der Waals surface area contributed by atoms with Gasteiger partial charge < -0.3 is 9.40 Å². The van der Waals surface area contributed by atoms with Crippen LogP contribution in [0.3, 0.4) is 0 Å². The van der Waals surface area contributed by atoms with Gasteiger partial charge in [-0.2, -0.15) is 0 Å². The molecule has 2 aromatic heterocycles. The number of aromatic nitrogens is 1. The molecule has 0 aliphatic rings. The molecule has 23 heavy (non-hydrogen) atoms. The zero-order chi connectivity index (χ0) is 15.6. The molecule has 0 atom stereocenters. The van der Waals surface area contributed by atoms with Gasteiger partial charge >= 0.3 is 5.63 Å². The molecule has 0 saturated carbocycles. The Bertz CT molecular complexity index is 1290. The largest absolute Gasteiger partial charge is 0.420 e. The summed E-state index contributed by atoms with van der Waals surface area (Å²) in [5.74, 6) is 0. The summed E-state index contributed by atoms with van der Waals surface area (Å²) in [5.41, 5.74) is 3.47. The van der Waals surface area contributed by atoms with E-state index in [1.165, 1.54) is 5.56 Å². The molecular formula is C20H13NO2. The Hall–Kier alpha value is -3.07. The van der Waals surface area contributed by atoms with Gasteiger partial charge in [0.05, 0.1) is 10.9 Å². The lowest BCUT2D eigenvalue weighted by Gasteiger charge is -2.03. The molecule has 3 nitrogen and oxygen atoms in total. The normalized spacial score (nSPS) is 11.9. The third-order valence-electron chi connectivity index (χ3n) is 4.51. The van der Waals surface area contributed by atoms with Crippen molar-refractivity contribution >= 4 is 43.5 Å². The van der Waals surface area contributed by atoms with Crippen LogP contribution in [0.1, 0.15) is 5.56 Å². The molecule has 110 valence electrons. The predicted molar refractivity (Wildman–Crippen MR) is 94.1 cm³/mol. The number of fused-ring (bicyclic) bond motifs is 7. The van der Waals surface area contributed by atoms with Crippen molar-refractivity contribution in [3.63, 3.8) is 0 Å². The van der Waals surface area contributed by atoms with Crippen molar-refractivity contribution < 1.29 is 4.42 Å². The predicted octanol–water partition coefficient (Wildman–Crippen LogP) is 4.89. The highest BCUT2D eigenvalue weighted by atomic mass is 16.4. The molecule has 2 heterocycles. The van der Waals surface area contributed by atoms with E-state index >= 15 is 0 Å². The van der Waals surface area contributed by atoms with Gasteiger partial charge in [-0.05, 0) is 36.6 Å². The van der Waals surface area contributed by atoms with Gasteiger partial charge in [-0.1, -0.05) is 35.9 Å². The van der Waals surface area contributed by atoms with Crippen LogP contribution in [0.4, 0.5) is 0 Å². The average molecular weight is 299 g/mol. The number of benzene rings is 3. The first-order chi connectivity index (χ1) is 11.2. The van der Waals surface area contributed by atoms with E-state index in [0.29, 0.717) is 11.0 Å². The fraction of sp³-hybridized carbons (Fsp3) is 0.0500. The molecule has 0 fully saturated rings. The molecule has 3 aromatic carbocycles. The van der Waals surface area contributed by atoms with Crippen molar-refractivity contribution in [3.8, 4) is 0 Å². The highest BCUT2D eigenvalue weighted by molar-refractivity contribution is 6.19. The maximum Gasteiger partial charge on any atom is 0.344 e. The Balaban J connectivity index is 2.08. The first kappa shape index (κ1) is 12.5. The molecule has 0 saturated heterocycles. The van der Waals surface area contributed by atoms with E-state index in [-0.39, 0.29) is 5.63 Å². The van der Waals surface area contributed by atoms with Gasteiger partial charge in [-0.3, -0.25) is 0 Å². The van der Waals surface area contributed by atoms with E-state index in [2.05, 4.69) is 36.2 Å². The van der Waals surface area contributed by atoms with Crippen LogP contribution >= 0.6 is 0 Å². The zero-order valence-electron chi connectivity index (χ0n) is 12.5. The van der Waals surface area contributed by atoms with Crippen LogP contribution in [0, 0.1) is 6.92 Å². The number of aromatic amines is 1. The average Bonchev–Trinajstić information content (AvgIpc) is 2.93. The number of nitrogens with one attached hydrogen (secondary N) is 1. The van der Waals surface area contributed by atoms with Gasteiger partial charge in [0.1, 0.15) is 0 Å². The molecule has 0 bridgehead atoms. The minimum absolute atomic E-state index is 0.296. The SMILES string of the molecule is Cc1ccc2[nH]c3c(ccc4c5ccccc5c(=O)oc43)c2c1. The van der Waals surface area contributed by atoms with Crippen molar-refractivity contribution in [1.29, 1.82) is 0 Å². The lowest BCUT2D eigenvalue weighted by molar-refractivity contribution is 0.572. The van der Waals surface area contributed by atoms with E-state index in [1.807, 2.05) is 24.3 Å². The Morgan fingerprint density at radius 3 is 2.48 bits per heavy atom. The van der Waals surface area contributed by atoms with Gasteiger partial charge in [0.2, 0.25) is 0 Å². The van der Waals surface area contributed by atoms with Gasteiger partial charge in [0.15, 0.2) is 5.58 Å². The van der Waals surface area contributed by atoms with Crippen molar-refractivity contribution in [3.05, 3.63) is 70.6 Å². The summed E-state index contributed by atoms with van der Waals surface area (Å²) in [4.78, 5) is 15.7. The molecule has 1 N–H and O–H groups in total. The number of hydrogen-bond donors (Lipinski definition) is 1. The topological polar surface area (TPSA) is 46.0 Å². The van der Waals surface area contributed by atoms with E-state index in [9.17, 15) is 4.79 Å². The first-order valence-corrected chi connectivity index (χ1v) is 7.59. The van der Waals surface area contributed by atoms with Gasteiger partial charge in [0, 0.05) is 21.7 Å². The van der Waals surface area contributed by atoms with Gasteiger partial charge in [-0.15, -0.1) is 0 Å². The van der Waals surface area contributed by atoms with E-state index in [1.54, 1.807) is 6.07 Å². The number of H-pyrrole nitrogens is 1. The Morgan fingerprint density at radius 1 is 0.826 bits per heavy atom. The summed E-state index contributed by atoms with van der Waals surface area (Å²) in [6.07, 6.45) is 0. The third kappa shape index (κ3) is 1.62. The van der Waals surface area contributed by atoms with Crippen LogP contribution in [0.5, 0.6) is 0 Å². The van der Waals surface area contributed by atoms with Crippen LogP contribution in [0.25, 0.3) is 43.5 Å². The smallest absolute Gasteiger partial charge is 0.344 e. The summed E-state index contributed by atoms with van der Waals surface area (Å²) in [5, 5.41) is 4.73. The fourth-order valence-corrected chi connectivity index (χ4v) is 3.42. The number of rotatable bonds is 0. The van der Waals surface area contributed by atoms with Crippen LogP contribution in [0.2, 0.25) is 0 Å². The van der Waals surface area contributed by atoms with Crippen LogP contribution in [0.15, 0.2) is 63.8 Å². The highest BCUT2D eigenvalue weighted by Crippen LogP contribution is 2.33. The summed E-state index contributed by atoms with van der Waals surface area (Å²) in [7, 11) is 0. The second-order valence-electron chi connectivity index (χ2n) is 5.97. The molecule has 0 unspecified atom stereocenters. The fourth-order valence-electron chi connectivity index (χ4n) is 3.42. The van der Waals surface area contributed by atoms with Gasteiger partial charge in [0.25, 0.3) is 0 Å². The highest BCUT2D eigenvalue weighted by Gasteiger charge is 2.13. The lowest BCUT2D eigenvalue weighted by atomic mass is 10.0. The Morgan fingerprint density at radius 2 is 1.61 bits per heavy atom. The molecule has 3 heteroatoms. The molecule has 0 radical (unpaired) electrons. The molecule has 5 rings (SSSR count). The molecule has 0 spiro atoms. The van der Waals surface area contributed by atoms with Gasteiger partial charge in [-0.25, -0.2) is 4.79 Å². The lowest BCUT2D eigenvalue weighted by Crippen LogP contribution is -1.99. The summed E-state index contributed by atoms with van der Waals surface area (Å²) in [6.45, 7) is 2.08. The molecule has 0 amide bonds. The molecule has 0 aliphatic carbocycles. The third-order valence-corrected chi connectivity index (χ3v) is 4.51. The second-order valence-corrected chi connectivity index (χ2v) is 5.97. The van der Waals surface area contributed by atoms with E-state index in [4.69, 9.17) is 4.42 Å². The van der Waals surface area contributed by atoms with E-state index in [0.717, 1.165) is 32.6 Å². The monoisotopic (exact) mass is 299 g/mol. The maximum absolute atomic E-state index is 12.3. The standard InChI is InChI=1S/C20H13NO2/c1-11-6-9-17-16(10-11)13-7-8-14-12-4-2-3-5-15(12)20(22)23-19(14)18(13)21-17/h2-10,21H,1H3. The quantitative estimate of drug-likeness (QED) is 0.327. The summed E-state index contributed by atoms with van der Waals surface area (Å²) < 4.78 is 5.66. The zero-order valence-corrected chi connectivity index (χ0v) is 12.5. The Kier molecular flexibility index (Phi) is 2.29. The van der Waals surface area contributed by atoms with Crippen molar-refractivity contribution in [2.75, 3.05) is 0 Å². The van der Waals surface area contributed by atoms with Crippen molar-refractivity contribution in [1.82, 2.24) is 4.98 Å². The molecule has 5 aromatic rings. The number of hydrogen-bond acceptors (Lipinski definition) is 2. The van der Waals surface area contributed by atoms with Crippen molar-refractivity contribution in [2.24, 2.45) is 0 Å². The van der Waals surface area contributed by atoms with Crippen molar-refractivity contribution in [2.45, 2.75) is 6.92 Å². The minimum Gasteiger partial charge on any atom is -0.420 e. The van der Waals surface area contributed by atoms with Crippen LogP contribution in [-0.4, -0.2) is 4.98 Å². The van der Waals surface area contributed by atoms with Crippen LogP contribution < -0.4 is 5.63 Å². The molecular weight excluding hydrogens is 286 g/mol. The first-order valence-electron chi connectivity index (χ1n) is 7.59. The summed E-state index contributed by atoms with van der Waals surface area (Å²) >= 11 is 0. The minimum atomic E-state index is -0.296. The van der Waals surface area contributed by atoms with Crippen LogP contribution in [-0.2, 0) is 0 Å². The second kappa shape index (κ2) is 4.23. The summed E-state index contributed by atoms with van der Waals surface area (Å²) in [6, 6.07) is 18.0. The maximum atomic E-state index is 12.3.